The summed E-state index contributed by atoms with van der Waals surface area (Å²) in [5.41, 5.74) is 0.0565. The SMILES string of the molecule is CCC1([C@@H](O)C/C=C/C2[C@@H](CCC(O)c3nc(C(=O)O)cs3)CC[C@H]2O)CCC1. The Balaban J connectivity index is 1.51. The number of aliphatic hydroxyl groups excluding tert-OH is 3. The molecule has 2 aliphatic rings. The van der Waals surface area contributed by atoms with Crippen molar-refractivity contribution in [2.75, 3.05) is 0 Å². The molecule has 2 saturated carbocycles. The molecule has 29 heavy (non-hydrogen) atoms. The number of hydrogen-bond donors (Lipinski definition) is 4. The Bertz CT molecular complexity index is 708. The minimum absolute atomic E-state index is 0.0315. The Morgan fingerprint density at radius 1 is 1.38 bits per heavy atom. The first-order chi connectivity index (χ1) is 13.9. The molecule has 6 nitrogen and oxygen atoms in total. The Kier molecular flexibility index (Phi) is 7.48. The second kappa shape index (κ2) is 9.69. The summed E-state index contributed by atoms with van der Waals surface area (Å²) in [4.78, 5) is 14.9. The van der Waals surface area contributed by atoms with Crippen LogP contribution in [-0.2, 0) is 0 Å². The number of thiazole rings is 1. The smallest absolute Gasteiger partial charge is 0.355 e. The molecule has 2 fully saturated rings. The van der Waals surface area contributed by atoms with Crippen LogP contribution in [0.3, 0.4) is 0 Å². The Morgan fingerprint density at radius 2 is 2.14 bits per heavy atom. The maximum Gasteiger partial charge on any atom is 0.355 e. The van der Waals surface area contributed by atoms with Gasteiger partial charge in [-0.1, -0.05) is 25.5 Å². The second-order valence-corrected chi connectivity index (χ2v) is 9.59. The molecule has 2 aliphatic carbocycles. The van der Waals surface area contributed by atoms with Crippen molar-refractivity contribution in [3.8, 4) is 0 Å². The normalized spacial score (nSPS) is 28.3. The molecular weight excluding hydrogens is 390 g/mol. The summed E-state index contributed by atoms with van der Waals surface area (Å²) in [6.07, 6.45) is 10.6. The highest BCUT2D eigenvalue weighted by molar-refractivity contribution is 7.09. The van der Waals surface area contributed by atoms with Gasteiger partial charge in [-0.05, 0) is 62.7 Å². The summed E-state index contributed by atoms with van der Waals surface area (Å²) in [5, 5.41) is 42.2. The van der Waals surface area contributed by atoms with Gasteiger partial charge >= 0.3 is 5.97 Å². The number of carboxylic acids is 1. The first kappa shape index (κ1) is 22.4. The van der Waals surface area contributed by atoms with Crippen molar-refractivity contribution in [2.24, 2.45) is 17.3 Å². The van der Waals surface area contributed by atoms with Gasteiger partial charge in [-0.3, -0.25) is 0 Å². The highest BCUT2D eigenvalue weighted by Gasteiger charge is 2.41. The molecule has 0 spiro atoms. The van der Waals surface area contributed by atoms with E-state index in [0.717, 1.165) is 38.5 Å². The van der Waals surface area contributed by atoms with Crippen LogP contribution in [0.1, 0.15) is 86.3 Å². The van der Waals surface area contributed by atoms with Crippen LogP contribution in [0.5, 0.6) is 0 Å². The third kappa shape index (κ3) is 5.08. The minimum atomic E-state index is -1.09. The van der Waals surface area contributed by atoms with E-state index in [4.69, 9.17) is 5.11 Å². The molecule has 0 bridgehead atoms. The zero-order valence-electron chi connectivity index (χ0n) is 17.0. The van der Waals surface area contributed by atoms with Crippen molar-refractivity contribution in [3.05, 3.63) is 28.2 Å². The molecule has 1 heterocycles. The molecule has 0 amide bonds. The lowest BCUT2D eigenvalue weighted by molar-refractivity contribution is -0.0355. The Hall–Kier alpha value is -1.28. The molecule has 5 atom stereocenters. The summed E-state index contributed by atoms with van der Waals surface area (Å²) in [6.45, 7) is 2.15. The topological polar surface area (TPSA) is 111 Å². The van der Waals surface area contributed by atoms with Crippen LogP contribution in [0, 0.1) is 17.3 Å². The number of aromatic nitrogens is 1. The third-order valence-electron chi connectivity index (χ3n) is 7.14. The number of carbonyl (C=O) groups is 1. The highest BCUT2D eigenvalue weighted by atomic mass is 32.1. The number of rotatable bonds is 10. The van der Waals surface area contributed by atoms with Gasteiger partial charge in [0.05, 0.1) is 12.2 Å². The Labute approximate surface area is 176 Å². The van der Waals surface area contributed by atoms with Crippen molar-refractivity contribution in [3.63, 3.8) is 0 Å². The average Bonchev–Trinajstić information content (AvgIpc) is 3.27. The highest BCUT2D eigenvalue weighted by Crippen LogP contribution is 2.47. The van der Waals surface area contributed by atoms with Gasteiger partial charge < -0.3 is 20.4 Å². The standard InChI is InChI=1S/C22H33NO5S/c1-2-22(11-4-12-22)19(26)6-3-5-15-14(7-9-17(15)24)8-10-18(25)20-23-16(13-29-20)21(27)28/h3,5,13-15,17-19,24-26H,2,4,6-12H2,1H3,(H,27,28)/b5-3+/t14-,15?,17-,18?,19+/m1/s1. The minimum Gasteiger partial charge on any atom is -0.476 e. The lowest BCUT2D eigenvalue weighted by atomic mass is 9.63. The molecule has 0 radical (unpaired) electrons. The van der Waals surface area contributed by atoms with Gasteiger partial charge in [0.1, 0.15) is 11.1 Å². The van der Waals surface area contributed by atoms with Crippen LogP contribution in [0.25, 0.3) is 0 Å². The fourth-order valence-electron chi connectivity index (χ4n) is 4.91. The molecule has 1 aromatic heterocycles. The fraction of sp³-hybridized carbons (Fsp3) is 0.727. The monoisotopic (exact) mass is 423 g/mol. The number of nitrogens with zero attached hydrogens (tertiary/aromatic N) is 1. The summed E-state index contributed by atoms with van der Waals surface area (Å²) < 4.78 is 0. The van der Waals surface area contributed by atoms with Crippen LogP contribution in [0.15, 0.2) is 17.5 Å². The van der Waals surface area contributed by atoms with Crippen molar-refractivity contribution in [1.82, 2.24) is 4.98 Å². The number of aliphatic hydroxyl groups is 3. The van der Waals surface area contributed by atoms with E-state index in [-0.39, 0.29) is 35.2 Å². The van der Waals surface area contributed by atoms with E-state index in [1.165, 1.54) is 23.1 Å². The van der Waals surface area contributed by atoms with Crippen LogP contribution < -0.4 is 0 Å². The van der Waals surface area contributed by atoms with E-state index in [1.54, 1.807) is 0 Å². The fourth-order valence-corrected chi connectivity index (χ4v) is 5.72. The summed E-state index contributed by atoms with van der Waals surface area (Å²) >= 11 is 1.17. The van der Waals surface area contributed by atoms with Crippen molar-refractivity contribution < 1.29 is 25.2 Å². The van der Waals surface area contributed by atoms with Gasteiger partial charge in [-0.2, -0.15) is 0 Å². The van der Waals surface area contributed by atoms with Crippen LogP contribution in [0.4, 0.5) is 0 Å². The quantitative estimate of drug-likeness (QED) is 0.424. The predicted octanol–water partition coefficient (Wildman–Crippen LogP) is 3.93. The van der Waals surface area contributed by atoms with Gasteiger partial charge in [-0.15, -0.1) is 11.3 Å². The van der Waals surface area contributed by atoms with Gasteiger partial charge in [0, 0.05) is 11.3 Å². The lowest BCUT2D eigenvalue weighted by Gasteiger charge is -2.45. The molecule has 0 aromatic carbocycles. The second-order valence-electron chi connectivity index (χ2n) is 8.70. The first-order valence-electron chi connectivity index (χ1n) is 10.8. The average molecular weight is 424 g/mol. The molecule has 0 saturated heterocycles. The number of carboxylic acid groups (broad SMARTS) is 1. The summed E-state index contributed by atoms with van der Waals surface area (Å²) in [6, 6.07) is 0. The van der Waals surface area contributed by atoms with E-state index in [2.05, 4.69) is 18.0 Å². The summed E-state index contributed by atoms with van der Waals surface area (Å²) in [5.74, 6) is -0.771. The molecular formula is C22H33NO5S. The van der Waals surface area contributed by atoms with Gasteiger partial charge in [0.15, 0.2) is 5.69 Å². The maximum absolute atomic E-state index is 10.9. The zero-order chi connectivity index (χ0) is 21.0. The van der Waals surface area contributed by atoms with E-state index in [9.17, 15) is 20.1 Å². The van der Waals surface area contributed by atoms with Crippen molar-refractivity contribution in [1.29, 1.82) is 0 Å². The molecule has 4 N–H and O–H groups in total. The van der Waals surface area contributed by atoms with Gasteiger partial charge in [0.25, 0.3) is 0 Å². The van der Waals surface area contributed by atoms with Crippen LogP contribution >= 0.6 is 11.3 Å². The van der Waals surface area contributed by atoms with E-state index >= 15 is 0 Å². The molecule has 7 heteroatoms. The zero-order valence-corrected chi connectivity index (χ0v) is 17.9. The molecule has 2 unspecified atom stereocenters. The van der Waals surface area contributed by atoms with E-state index in [1.807, 2.05) is 6.08 Å². The van der Waals surface area contributed by atoms with Crippen molar-refractivity contribution in [2.45, 2.75) is 83.0 Å². The molecule has 3 rings (SSSR count). The largest absolute Gasteiger partial charge is 0.476 e. The number of hydrogen-bond acceptors (Lipinski definition) is 6. The Morgan fingerprint density at radius 3 is 2.72 bits per heavy atom. The predicted molar refractivity (Wildman–Crippen MR) is 112 cm³/mol. The lowest BCUT2D eigenvalue weighted by Crippen LogP contribution is -2.40. The number of aromatic carboxylic acids is 1. The van der Waals surface area contributed by atoms with Crippen LogP contribution in [0.2, 0.25) is 0 Å². The van der Waals surface area contributed by atoms with E-state index < -0.39 is 12.1 Å². The first-order valence-corrected chi connectivity index (χ1v) is 11.6. The van der Waals surface area contributed by atoms with Gasteiger partial charge in [0.2, 0.25) is 0 Å². The van der Waals surface area contributed by atoms with Crippen LogP contribution in [-0.4, -0.2) is 43.6 Å². The van der Waals surface area contributed by atoms with Crippen molar-refractivity contribution >= 4 is 17.3 Å². The molecule has 1 aromatic rings. The van der Waals surface area contributed by atoms with E-state index in [0.29, 0.717) is 17.8 Å². The molecule has 0 aliphatic heterocycles. The molecule has 162 valence electrons. The third-order valence-corrected chi connectivity index (χ3v) is 8.08. The maximum atomic E-state index is 10.9. The summed E-state index contributed by atoms with van der Waals surface area (Å²) in [7, 11) is 0. The van der Waals surface area contributed by atoms with Gasteiger partial charge in [-0.25, -0.2) is 9.78 Å².